The van der Waals surface area contributed by atoms with Crippen LogP contribution < -0.4 is 11.1 Å². The van der Waals surface area contributed by atoms with Gasteiger partial charge in [0.25, 0.3) is 0 Å². The van der Waals surface area contributed by atoms with Crippen LogP contribution in [0.25, 0.3) is 0 Å². The van der Waals surface area contributed by atoms with Crippen molar-refractivity contribution in [1.29, 1.82) is 0 Å². The Labute approximate surface area is 158 Å². The molecule has 2 rings (SSSR count). The van der Waals surface area contributed by atoms with Gasteiger partial charge in [-0.3, -0.25) is 9.69 Å². The maximum absolute atomic E-state index is 11.8. The number of hydrogen-bond acceptors (Lipinski definition) is 3. The van der Waals surface area contributed by atoms with Gasteiger partial charge in [0.05, 0.1) is 0 Å². The van der Waals surface area contributed by atoms with Crippen LogP contribution in [0, 0.1) is 0 Å². The van der Waals surface area contributed by atoms with Gasteiger partial charge in [-0.1, -0.05) is 37.1 Å². The Morgan fingerprint density at radius 1 is 1.12 bits per heavy atom. The summed E-state index contributed by atoms with van der Waals surface area (Å²) >= 11 is 0. The van der Waals surface area contributed by atoms with Crippen molar-refractivity contribution in [2.45, 2.75) is 58.2 Å². The fourth-order valence-electron chi connectivity index (χ4n) is 2.98. The van der Waals surface area contributed by atoms with E-state index in [2.05, 4.69) is 28.4 Å². The van der Waals surface area contributed by atoms with E-state index in [9.17, 15) is 4.79 Å². The zero-order valence-corrected chi connectivity index (χ0v) is 16.1. The average molecular weight is 376 g/mol. The van der Waals surface area contributed by atoms with E-state index in [1.54, 1.807) is 0 Å². The van der Waals surface area contributed by atoms with Gasteiger partial charge in [0.1, 0.15) is 0 Å². The number of benzene rings is 1. The molecule has 6 heteroatoms. The van der Waals surface area contributed by atoms with Crippen LogP contribution in [0.1, 0.15) is 50.2 Å². The van der Waals surface area contributed by atoms with E-state index >= 15 is 0 Å². The molecule has 1 heterocycles. The van der Waals surface area contributed by atoms with Gasteiger partial charge in [-0.05, 0) is 44.0 Å². The van der Waals surface area contributed by atoms with E-state index < -0.39 is 0 Å². The molecule has 1 unspecified atom stereocenters. The van der Waals surface area contributed by atoms with Crippen LogP contribution in [0.15, 0.2) is 24.3 Å². The van der Waals surface area contributed by atoms with Crippen molar-refractivity contribution >= 4 is 30.7 Å². The third-order valence-corrected chi connectivity index (χ3v) is 4.19. The van der Waals surface area contributed by atoms with Crippen LogP contribution in [-0.4, -0.2) is 29.9 Å². The van der Waals surface area contributed by atoms with Crippen molar-refractivity contribution in [2.75, 3.05) is 13.1 Å². The van der Waals surface area contributed by atoms with Crippen molar-refractivity contribution in [1.82, 2.24) is 10.2 Å². The smallest absolute Gasteiger partial charge is 0.221 e. The molecule has 1 aromatic carbocycles. The molecule has 0 bridgehead atoms. The van der Waals surface area contributed by atoms with Gasteiger partial charge in [-0.15, -0.1) is 24.8 Å². The lowest BCUT2D eigenvalue weighted by Gasteiger charge is -2.21. The topological polar surface area (TPSA) is 58.4 Å². The molecule has 0 spiro atoms. The van der Waals surface area contributed by atoms with E-state index in [1.807, 2.05) is 13.0 Å². The number of likely N-dealkylation sites (tertiary alicyclic amines) is 1. The highest BCUT2D eigenvalue weighted by Crippen LogP contribution is 2.16. The van der Waals surface area contributed by atoms with Gasteiger partial charge in [0.2, 0.25) is 5.91 Å². The Morgan fingerprint density at radius 2 is 1.71 bits per heavy atom. The minimum absolute atomic E-state index is 0. The molecule has 1 aromatic rings. The summed E-state index contributed by atoms with van der Waals surface area (Å²) in [5.74, 6) is 0.0274. The van der Waals surface area contributed by atoms with E-state index in [0.717, 1.165) is 6.54 Å². The number of halogens is 2. The minimum Gasteiger partial charge on any atom is -0.352 e. The molecule has 138 valence electrons. The standard InChI is InChI=1S/C18H29N3O.2ClH/c1-15(19)12-18(22)20-13-16-8-4-5-9-17(16)14-21-10-6-2-3-7-11-21;;/h4-5,8-9,15H,2-3,6-7,10-14,19H2,1H3,(H,20,22);2*1H. The van der Waals surface area contributed by atoms with Gasteiger partial charge in [-0.2, -0.15) is 0 Å². The van der Waals surface area contributed by atoms with E-state index in [0.29, 0.717) is 13.0 Å². The van der Waals surface area contributed by atoms with Crippen LogP contribution in [0.4, 0.5) is 0 Å². The molecule has 1 saturated heterocycles. The first-order valence-corrected chi connectivity index (χ1v) is 8.46. The molecular formula is C18H31Cl2N3O. The van der Waals surface area contributed by atoms with Crippen LogP contribution in [0.5, 0.6) is 0 Å². The molecule has 0 saturated carbocycles. The van der Waals surface area contributed by atoms with Gasteiger partial charge in [-0.25, -0.2) is 0 Å². The molecule has 0 radical (unpaired) electrons. The highest BCUT2D eigenvalue weighted by molar-refractivity contribution is 5.85. The van der Waals surface area contributed by atoms with Crippen molar-refractivity contribution in [2.24, 2.45) is 5.73 Å². The molecular weight excluding hydrogens is 345 g/mol. The van der Waals surface area contributed by atoms with Crippen LogP contribution >= 0.6 is 24.8 Å². The number of rotatable bonds is 6. The van der Waals surface area contributed by atoms with Crippen molar-refractivity contribution in [3.63, 3.8) is 0 Å². The Bertz CT molecular complexity index is 475. The average Bonchev–Trinajstić information content (AvgIpc) is 2.74. The first kappa shape index (κ1) is 23.2. The van der Waals surface area contributed by atoms with Crippen molar-refractivity contribution in [3.05, 3.63) is 35.4 Å². The Balaban J connectivity index is 0.00000264. The molecule has 1 aliphatic rings. The van der Waals surface area contributed by atoms with Gasteiger partial charge in [0, 0.05) is 25.6 Å². The first-order valence-electron chi connectivity index (χ1n) is 8.46. The molecule has 0 aliphatic carbocycles. The zero-order chi connectivity index (χ0) is 15.8. The van der Waals surface area contributed by atoms with E-state index in [-0.39, 0.29) is 36.8 Å². The second kappa shape index (κ2) is 12.5. The van der Waals surface area contributed by atoms with E-state index in [1.165, 1.54) is 49.9 Å². The Hall–Kier alpha value is -0.810. The molecule has 1 aliphatic heterocycles. The van der Waals surface area contributed by atoms with Crippen LogP contribution in [0.3, 0.4) is 0 Å². The lowest BCUT2D eigenvalue weighted by molar-refractivity contribution is -0.121. The Morgan fingerprint density at radius 3 is 2.29 bits per heavy atom. The molecule has 1 atom stereocenters. The number of nitrogens with two attached hydrogens (primary N) is 1. The quantitative estimate of drug-likeness (QED) is 0.801. The summed E-state index contributed by atoms with van der Waals surface area (Å²) < 4.78 is 0. The number of hydrogen-bond donors (Lipinski definition) is 2. The second-order valence-corrected chi connectivity index (χ2v) is 6.42. The maximum Gasteiger partial charge on any atom is 0.221 e. The van der Waals surface area contributed by atoms with Gasteiger partial charge >= 0.3 is 0 Å². The summed E-state index contributed by atoms with van der Waals surface area (Å²) in [7, 11) is 0. The number of carbonyl (C=O) groups excluding carboxylic acids is 1. The summed E-state index contributed by atoms with van der Waals surface area (Å²) in [4.78, 5) is 14.3. The fraction of sp³-hybridized carbons (Fsp3) is 0.611. The lowest BCUT2D eigenvalue weighted by atomic mass is 10.1. The molecule has 3 N–H and O–H groups in total. The monoisotopic (exact) mass is 375 g/mol. The minimum atomic E-state index is -0.0904. The van der Waals surface area contributed by atoms with Gasteiger partial charge < -0.3 is 11.1 Å². The van der Waals surface area contributed by atoms with Crippen molar-refractivity contribution in [3.8, 4) is 0 Å². The molecule has 1 fully saturated rings. The number of nitrogens with one attached hydrogen (secondary N) is 1. The zero-order valence-electron chi connectivity index (χ0n) is 14.5. The summed E-state index contributed by atoms with van der Waals surface area (Å²) in [6.07, 6.45) is 5.69. The number of carbonyl (C=O) groups is 1. The maximum atomic E-state index is 11.8. The van der Waals surface area contributed by atoms with E-state index in [4.69, 9.17) is 5.73 Å². The third kappa shape index (κ3) is 8.34. The van der Waals surface area contributed by atoms with Crippen LogP contribution in [0.2, 0.25) is 0 Å². The second-order valence-electron chi connectivity index (χ2n) is 6.42. The number of amides is 1. The summed E-state index contributed by atoms with van der Waals surface area (Å²) in [6, 6.07) is 8.32. The summed E-state index contributed by atoms with van der Waals surface area (Å²) in [6.45, 7) is 5.80. The first-order chi connectivity index (χ1) is 10.6. The van der Waals surface area contributed by atoms with Gasteiger partial charge in [0.15, 0.2) is 0 Å². The molecule has 1 amide bonds. The highest BCUT2D eigenvalue weighted by atomic mass is 35.5. The fourth-order valence-corrected chi connectivity index (χ4v) is 2.98. The van der Waals surface area contributed by atoms with Crippen LogP contribution in [-0.2, 0) is 17.9 Å². The SMILES string of the molecule is CC(N)CC(=O)NCc1ccccc1CN1CCCCCC1.Cl.Cl. The summed E-state index contributed by atoms with van der Waals surface area (Å²) in [5.41, 5.74) is 8.20. The number of nitrogens with zero attached hydrogens (tertiary/aromatic N) is 1. The molecule has 24 heavy (non-hydrogen) atoms. The van der Waals surface area contributed by atoms with Crippen molar-refractivity contribution < 1.29 is 4.79 Å². The predicted molar refractivity (Wildman–Crippen MR) is 105 cm³/mol. The molecule has 4 nitrogen and oxygen atoms in total. The normalized spacial score (nSPS) is 16.2. The highest BCUT2D eigenvalue weighted by Gasteiger charge is 2.12. The lowest BCUT2D eigenvalue weighted by Crippen LogP contribution is -2.30. The predicted octanol–water partition coefficient (Wildman–Crippen LogP) is 3.26. The largest absolute Gasteiger partial charge is 0.352 e. The molecule has 0 aromatic heterocycles. The third-order valence-electron chi connectivity index (χ3n) is 4.19. The Kier molecular flexibility index (Phi) is 12.1. The summed E-state index contributed by atoms with van der Waals surface area (Å²) in [5, 5.41) is 2.98.